The molecule has 0 unspecified atom stereocenters. The SMILES string of the molecule is CCCN(CC)C(=O)NCC(CC)(CC)C(=O)O. The van der Waals surface area contributed by atoms with Crippen molar-refractivity contribution in [2.75, 3.05) is 19.6 Å². The second kappa shape index (κ2) is 7.95. The van der Waals surface area contributed by atoms with E-state index in [0.29, 0.717) is 25.9 Å². The zero-order valence-electron chi connectivity index (χ0n) is 12.0. The molecule has 5 heteroatoms. The second-order valence-electron chi connectivity index (χ2n) is 4.53. The number of hydrogen-bond acceptors (Lipinski definition) is 2. The number of carbonyl (C=O) groups excluding carboxylic acids is 1. The standard InChI is InChI=1S/C13H26N2O3/c1-5-9-15(8-4)12(18)14-10-13(6-2,7-3)11(16)17/h5-10H2,1-4H3,(H,14,18)(H,16,17). The van der Waals surface area contributed by atoms with Crippen molar-refractivity contribution in [2.45, 2.75) is 47.0 Å². The van der Waals surface area contributed by atoms with Crippen LogP contribution in [0.4, 0.5) is 4.79 Å². The van der Waals surface area contributed by atoms with Crippen molar-refractivity contribution >= 4 is 12.0 Å². The van der Waals surface area contributed by atoms with Gasteiger partial charge in [-0.1, -0.05) is 20.8 Å². The van der Waals surface area contributed by atoms with Gasteiger partial charge in [0.1, 0.15) is 0 Å². The first-order chi connectivity index (χ1) is 8.47. The molecule has 2 amide bonds. The van der Waals surface area contributed by atoms with E-state index < -0.39 is 11.4 Å². The Kier molecular flexibility index (Phi) is 7.39. The van der Waals surface area contributed by atoms with Crippen molar-refractivity contribution in [3.05, 3.63) is 0 Å². The summed E-state index contributed by atoms with van der Waals surface area (Å²) in [5, 5.41) is 12.0. The maximum atomic E-state index is 11.9. The van der Waals surface area contributed by atoms with Crippen molar-refractivity contribution < 1.29 is 14.7 Å². The van der Waals surface area contributed by atoms with Crippen LogP contribution in [0, 0.1) is 5.41 Å². The van der Waals surface area contributed by atoms with Gasteiger partial charge < -0.3 is 15.3 Å². The van der Waals surface area contributed by atoms with Gasteiger partial charge in [0, 0.05) is 19.6 Å². The molecule has 0 atom stereocenters. The Morgan fingerprint density at radius 2 is 1.72 bits per heavy atom. The summed E-state index contributed by atoms with van der Waals surface area (Å²) in [5.41, 5.74) is -0.846. The Morgan fingerprint density at radius 1 is 1.17 bits per heavy atom. The van der Waals surface area contributed by atoms with Crippen LogP contribution < -0.4 is 5.32 Å². The normalized spacial score (nSPS) is 11.1. The number of amides is 2. The minimum Gasteiger partial charge on any atom is -0.481 e. The Balaban J connectivity index is 4.52. The lowest BCUT2D eigenvalue weighted by atomic mass is 9.82. The first-order valence-corrected chi connectivity index (χ1v) is 6.73. The summed E-state index contributed by atoms with van der Waals surface area (Å²) in [6.07, 6.45) is 1.92. The summed E-state index contributed by atoms with van der Waals surface area (Å²) in [4.78, 5) is 24.9. The molecule has 0 aromatic heterocycles. The highest BCUT2D eigenvalue weighted by Crippen LogP contribution is 2.25. The van der Waals surface area contributed by atoms with E-state index in [0.717, 1.165) is 6.42 Å². The molecule has 5 nitrogen and oxygen atoms in total. The molecule has 18 heavy (non-hydrogen) atoms. The van der Waals surface area contributed by atoms with E-state index in [1.807, 2.05) is 27.7 Å². The van der Waals surface area contributed by atoms with E-state index in [-0.39, 0.29) is 12.6 Å². The smallest absolute Gasteiger partial charge is 0.317 e. The molecule has 0 aliphatic carbocycles. The van der Waals surface area contributed by atoms with Gasteiger partial charge in [0.05, 0.1) is 5.41 Å². The number of carbonyl (C=O) groups is 2. The van der Waals surface area contributed by atoms with E-state index in [4.69, 9.17) is 0 Å². The fourth-order valence-corrected chi connectivity index (χ4v) is 1.91. The van der Waals surface area contributed by atoms with Crippen LogP contribution in [0.1, 0.15) is 47.0 Å². The number of nitrogens with one attached hydrogen (secondary N) is 1. The van der Waals surface area contributed by atoms with E-state index in [1.165, 1.54) is 0 Å². The minimum absolute atomic E-state index is 0.174. The molecule has 0 saturated heterocycles. The van der Waals surface area contributed by atoms with Gasteiger partial charge in [-0.15, -0.1) is 0 Å². The highest BCUT2D eigenvalue weighted by molar-refractivity contribution is 5.78. The molecule has 0 heterocycles. The minimum atomic E-state index is -0.846. The maximum absolute atomic E-state index is 11.9. The van der Waals surface area contributed by atoms with Gasteiger partial charge in [-0.2, -0.15) is 0 Å². The highest BCUT2D eigenvalue weighted by Gasteiger charge is 2.35. The topological polar surface area (TPSA) is 69.6 Å². The number of rotatable bonds is 8. The molecular weight excluding hydrogens is 232 g/mol. The number of carboxylic acids is 1. The fourth-order valence-electron chi connectivity index (χ4n) is 1.91. The van der Waals surface area contributed by atoms with E-state index >= 15 is 0 Å². The summed E-state index contributed by atoms with van der Waals surface area (Å²) in [5.74, 6) is -0.841. The molecule has 0 aliphatic heterocycles. The van der Waals surface area contributed by atoms with Crippen molar-refractivity contribution in [3.63, 3.8) is 0 Å². The Labute approximate surface area is 110 Å². The molecule has 0 aromatic rings. The van der Waals surface area contributed by atoms with Crippen molar-refractivity contribution in [1.82, 2.24) is 10.2 Å². The van der Waals surface area contributed by atoms with E-state index in [9.17, 15) is 14.7 Å². The zero-order valence-corrected chi connectivity index (χ0v) is 12.0. The average Bonchev–Trinajstić information content (AvgIpc) is 2.37. The number of hydrogen-bond donors (Lipinski definition) is 2. The lowest BCUT2D eigenvalue weighted by Gasteiger charge is -2.29. The molecule has 0 aliphatic rings. The van der Waals surface area contributed by atoms with Crippen molar-refractivity contribution in [2.24, 2.45) is 5.41 Å². The third kappa shape index (κ3) is 4.20. The third-order valence-corrected chi connectivity index (χ3v) is 3.55. The molecule has 0 rings (SSSR count). The van der Waals surface area contributed by atoms with Gasteiger partial charge in [-0.05, 0) is 26.2 Å². The summed E-state index contributed by atoms with van der Waals surface area (Å²) >= 11 is 0. The summed E-state index contributed by atoms with van der Waals surface area (Å²) < 4.78 is 0. The average molecular weight is 258 g/mol. The number of nitrogens with zero attached hydrogens (tertiary/aromatic N) is 1. The summed E-state index contributed by atoms with van der Waals surface area (Å²) in [6.45, 7) is 9.13. The summed E-state index contributed by atoms with van der Waals surface area (Å²) in [7, 11) is 0. The largest absolute Gasteiger partial charge is 0.481 e. The first-order valence-electron chi connectivity index (χ1n) is 6.73. The number of aliphatic carboxylic acids is 1. The van der Waals surface area contributed by atoms with Crippen LogP contribution in [0.5, 0.6) is 0 Å². The molecule has 0 bridgehead atoms. The van der Waals surface area contributed by atoms with Gasteiger partial charge in [0.25, 0.3) is 0 Å². The van der Waals surface area contributed by atoms with Crippen LogP contribution in [0.15, 0.2) is 0 Å². The predicted molar refractivity (Wildman–Crippen MR) is 71.6 cm³/mol. The third-order valence-electron chi connectivity index (χ3n) is 3.55. The van der Waals surface area contributed by atoms with Gasteiger partial charge in [-0.25, -0.2) is 4.79 Å². The van der Waals surface area contributed by atoms with E-state index in [2.05, 4.69) is 5.32 Å². The molecule has 0 saturated carbocycles. The fraction of sp³-hybridized carbons (Fsp3) is 0.846. The predicted octanol–water partition coefficient (Wildman–Crippen LogP) is 2.32. The summed E-state index contributed by atoms with van der Waals surface area (Å²) in [6, 6.07) is -0.174. The quantitative estimate of drug-likeness (QED) is 0.702. The molecule has 106 valence electrons. The van der Waals surface area contributed by atoms with Crippen molar-refractivity contribution in [3.8, 4) is 0 Å². The Morgan fingerprint density at radius 3 is 2.06 bits per heavy atom. The van der Waals surface area contributed by atoms with Crippen LogP contribution in [-0.2, 0) is 4.79 Å². The molecule has 0 fully saturated rings. The monoisotopic (exact) mass is 258 g/mol. The maximum Gasteiger partial charge on any atom is 0.317 e. The molecule has 0 aromatic carbocycles. The Hall–Kier alpha value is -1.26. The number of urea groups is 1. The van der Waals surface area contributed by atoms with Gasteiger partial charge in [-0.3, -0.25) is 4.79 Å². The lowest BCUT2D eigenvalue weighted by Crippen LogP contribution is -2.47. The van der Waals surface area contributed by atoms with Crippen LogP contribution in [-0.4, -0.2) is 41.6 Å². The van der Waals surface area contributed by atoms with Crippen LogP contribution in [0.2, 0.25) is 0 Å². The molecular formula is C13H26N2O3. The van der Waals surface area contributed by atoms with E-state index in [1.54, 1.807) is 4.90 Å². The van der Waals surface area contributed by atoms with Crippen molar-refractivity contribution in [1.29, 1.82) is 0 Å². The van der Waals surface area contributed by atoms with Crippen LogP contribution >= 0.6 is 0 Å². The Bertz CT molecular complexity index is 275. The zero-order chi connectivity index (χ0) is 14.2. The number of carboxylic acid groups (broad SMARTS) is 1. The molecule has 0 spiro atoms. The second-order valence-corrected chi connectivity index (χ2v) is 4.53. The van der Waals surface area contributed by atoms with Gasteiger partial charge >= 0.3 is 12.0 Å². The van der Waals surface area contributed by atoms with Crippen LogP contribution in [0.25, 0.3) is 0 Å². The molecule has 0 radical (unpaired) electrons. The highest BCUT2D eigenvalue weighted by atomic mass is 16.4. The first kappa shape index (κ1) is 16.7. The lowest BCUT2D eigenvalue weighted by molar-refractivity contribution is -0.149. The van der Waals surface area contributed by atoms with Gasteiger partial charge in [0.2, 0.25) is 0 Å². The molecule has 2 N–H and O–H groups in total. The van der Waals surface area contributed by atoms with Gasteiger partial charge in [0.15, 0.2) is 0 Å². The van der Waals surface area contributed by atoms with Crippen LogP contribution in [0.3, 0.4) is 0 Å².